The minimum atomic E-state index is -4.59. The number of alkyl halides is 4. The number of carbonyl (C=O) groups excluding carboxylic acids is 2. The van der Waals surface area contributed by atoms with Gasteiger partial charge in [-0.25, -0.2) is 4.79 Å². The first-order chi connectivity index (χ1) is 9.77. The second-order valence-electron chi connectivity index (χ2n) is 4.02. The van der Waals surface area contributed by atoms with Crippen LogP contribution in [0.4, 0.5) is 13.2 Å². The molecule has 0 radical (unpaired) electrons. The minimum absolute atomic E-state index is 0.0239. The summed E-state index contributed by atoms with van der Waals surface area (Å²) in [7, 11) is 0. The predicted octanol–water partition coefficient (Wildman–Crippen LogP) is 3.46. The second kappa shape index (κ2) is 7.26. The van der Waals surface area contributed by atoms with E-state index < -0.39 is 29.1 Å². The van der Waals surface area contributed by atoms with E-state index >= 15 is 0 Å². The standard InChI is InChI=1S/C14H12ClF3O3/c1-9(19)11(13(20)21-7-6-15)8-10-4-2-3-5-12(10)14(16,17)18/h2-5,8H,6-7H2,1H3/b11-8+. The highest BCUT2D eigenvalue weighted by Gasteiger charge is 2.33. The SMILES string of the molecule is CC(=O)/C(=C\c1ccccc1C(F)(F)F)C(=O)OCCCl. The molecule has 7 heteroatoms. The van der Waals surface area contributed by atoms with Crippen LogP contribution in [-0.4, -0.2) is 24.2 Å². The van der Waals surface area contributed by atoms with Crippen molar-refractivity contribution in [2.75, 3.05) is 12.5 Å². The van der Waals surface area contributed by atoms with E-state index in [1.54, 1.807) is 0 Å². The lowest BCUT2D eigenvalue weighted by molar-refractivity contribution is -0.140. The molecule has 1 aromatic rings. The summed E-state index contributed by atoms with van der Waals surface area (Å²) in [6, 6.07) is 4.64. The molecule has 0 amide bonds. The van der Waals surface area contributed by atoms with Crippen LogP contribution in [0.25, 0.3) is 6.08 Å². The van der Waals surface area contributed by atoms with Gasteiger partial charge in [0.2, 0.25) is 0 Å². The number of ether oxygens (including phenoxy) is 1. The normalized spacial score (nSPS) is 12.1. The molecule has 21 heavy (non-hydrogen) atoms. The van der Waals surface area contributed by atoms with Gasteiger partial charge in [0.05, 0.1) is 11.4 Å². The quantitative estimate of drug-likeness (QED) is 0.274. The zero-order valence-corrected chi connectivity index (χ0v) is 11.8. The summed E-state index contributed by atoms with van der Waals surface area (Å²) in [5, 5.41) is 0. The van der Waals surface area contributed by atoms with E-state index in [1.807, 2.05) is 0 Å². The number of benzene rings is 1. The van der Waals surface area contributed by atoms with Crippen molar-refractivity contribution in [3.63, 3.8) is 0 Å². The van der Waals surface area contributed by atoms with Gasteiger partial charge >= 0.3 is 12.1 Å². The number of hydrogen-bond donors (Lipinski definition) is 0. The number of Topliss-reactive ketones (excluding diaryl/α,β-unsaturated/α-hetero) is 1. The van der Waals surface area contributed by atoms with Crippen LogP contribution in [0.3, 0.4) is 0 Å². The van der Waals surface area contributed by atoms with Crippen LogP contribution < -0.4 is 0 Å². The van der Waals surface area contributed by atoms with Gasteiger partial charge in [-0.15, -0.1) is 11.6 Å². The number of carbonyl (C=O) groups is 2. The maximum Gasteiger partial charge on any atom is 0.416 e. The Balaban J connectivity index is 3.24. The van der Waals surface area contributed by atoms with Crippen molar-refractivity contribution in [1.82, 2.24) is 0 Å². The molecular weight excluding hydrogens is 309 g/mol. The van der Waals surface area contributed by atoms with Crippen molar-refractivity contribution in [3.8, 4) is 0 Å². The summed E-state index contributed by atoms with van der Waals surface area (Å²) >= 11 is 5.34. The van der Waals surface area contributed by atoms with Crippen LogP contribution >= 0.6 is 11.6 Å². The van der Waals surface area contributed by atoms with Gasteiger partial charge in [-0.05, 0) is 24.6 Å². The molecule has 3 nitrogen and oxygen atoms in total. The van der Waals surface area contributed by atoms with Crippen molar-refractivity contribution in [2.45, 2.75) is 13.1 Å². The average molecular weight is 321 g/mol. The van der Waals surface area contributed by atoms with E-state index in [-0.39, 0.29) is 18.1 Å². The topological polar surface area (TPSA) is 43.4 Å². The largest absolute Gasteiger partial charge is 0.461 e. The number of halogens is 4. The number of esters is 1. The van der Waals surface area contributed by atoms with Crippen molar-refractivity contribution in [1.29, 1.82) is 0 Å². The Labute approximate surface area is 124 Å². The molecule has 1 aromatic carbocycles. The predicted molar refractivity (Wildman–Crippen MR) is 71.8 cm³/mol. The highest BCUT2D eigenvalue weighted by atomic mass is 35.5. The van der Waals surface area contributed by atoms with Gasteiger partial charge in [0.15, 0.2) is 5.78 Å². The van der Waals surface area contributed by atoms with Crippen molar-refractivity contribution >= 4 is 29.4 Å². The van der Waals surface area contributed by atoms with Crippen molar-refractivity contribution < 1.29 is 27.5 Å². The monoisotopic (exact) mass is 320 g/mol. The van der Waals surface area contributed by atoms with Crippen LogP contribution in [0.1, 0.15) is 18.1 Å². The number of hydrogen-bond acceptors (Lipinski definition) is 3. The summed E-state index contributed by atoms with van der Waals surface area (Å²) in [4.78, 5) is 23.1. The summed E-state index contributed by atoms with van der Waals surface area (Å²) < 4.78 is 43.2. The molecule has 0 aliphatic heterocycles. The summed E-state index contributed by atoms with van der Waals surface area (Å²) in [5.41, 5.74) is -1.68. The zero-order chi connectivity index (χ0) is 16.0. The molecule has 0 fully saturated rings. The highest BCUT2D eigenvalue weighted by molar-refractivity contribution is 6.20. The van der Waals surface area contributed by atoms with E-state index in [0.717, 1.165) is 19.1 Å². The lowest BCUT2D eigenvalue weighted by atomic mass is 10.0. The smallest absolute Gasteiger partial charge is 0.416 e. The fraction of sp³-hybridized carbons (Fsp3) is 0.286. The van der Waals surface area contributed by atoms with Crippen molar-refractivity contribution in [3.05, 3.63) is 41.0 Å². The lowest BCUT2D eigenvalue weighted by Gasteiger charge is -2.11. The second-order valence-corrected chi connectivity index (χ2v) is 4.40. The molecule has 1 rings (SSSR count). The zero-order valence-electron chi connectivity index (χ0n) is 11.0. The van der Waals surface area contributed by atoms with E-state index in [4.69, 9.17) is 11.6 Å². The molecule has 0 N–H and O–H groups in total. The lowest BCUT2D eigenvalue weighted by Crippen LogP contribution is -2.15. The number of ketones is 1. The van der Waals surface area contributed by atoms with Gasteiger partial charge in [-0.1, -0.05) is 18.2 Å². The summed E-state index contributed by atoms with van der Waals surface area (Å²) in [6.07, 6.45) is -3.71. The summed E-state index contributed by atoms with van der Waals surface area (Å²) in [5.74, 6) is -1.66. The molecular formula is C14H12ClF3O3. The Morgan fingerprint density at radius 1 is 1.29 bits per heavy atom. The molecule has 0 saturated heterocycles. The van der Waals surface area contributed by atoms with E-state index in [1.165, 1.54) is 18.2 Å². The molecule has 0 aliphatic carbocycles. The Morgan fingerprint density at radius 2 is 1.90 bits per heavy atom. The maximum atomic E-state index is 12.9. The van der Waals surface area contributed by atoms with Gasteiger partial charge in [0.1, 0.15) is 12.2 Å². The first kappa shape index (κ1) is 17.2. The van der Waals surface area contributed by atoms with Gasteiger partial charge in [-0.2, -0.15) is 13.2 Å². The third-order valence-electron chi connectivity index (χ3n) is 2.48. The third kappa shape index (κ3) is 4.90. The van der Waals surface area contributed by atoms with Crippen LogP contribution in [0.15, 0.2) is 29.8 Å². The molecule has 0 aromatic heterocycles. The third-order valence-corrected chi connectivity index (χ3v) is 2.63. The van der Waals surface area contributed by atoms with Gasteiger partial charge in [-0.3, -0.25) is 4.79 Å². The number of rotatable bonds is 5. The molecule has 0 atom stereocenters. The molecule has 0 aliphatic rings. The van der Waals surface area contributed by atoms with Gasteiger partial charge in [0.25, 0.3) is 0 Å². The Bertz CT molecular complexity index is 565. The van der Waals surface area contributed by atoms with Gasteiger partial charge in [0, 0.05) is 0 Å². The van der Waals surface area contributed by atoms with E-state index in [9.17, 15) is 22.8 Å². The van der Waals surface area contributed by atoms with E-state index in [2.05, 4.69) is 4.74 Å². The van der Waals surface area contributed by atoms with E-state index in [0.29, 0.717) is 0 Å². The highest BCUT2D eigenvalue weighted by Crippen LogP contribution is 2.32. The fourth-order valence-electron chi connectivity index (χ4n) is 1.55. The van der Waals surface area contributed by atoms with Crippen LogP contribution in [0, 0.1) is 0 Å². The fourth-order valence-corrected chi connectivity index (χ4v) is 1.63. The molecule has 0 heterocycles. The minimum Gasteiger partial charge on any atom is -0.461 e. The van der Waals surface area contributed by atoms with Crippen molar-refractivity contribution in [2.24, 2.45) is 0 Å². The molecule has 0 bridgehead atoms. The van der Waals surface area contributed by atoms with Crippen LogP contribution in [0.2, 0.25) is 0 Å². The maximum absolute atomic E-state index is 12.9. The van der Waals surface area contributed by atoms with Crippen LogP contribution in [-0.2, 0) is 20.5 Å². The first-order valence-corrected chi connectivity index (χ1v) is 6.42. The molecule has 0 unspecified atom stereocenters. The molecule has 0 spiro atoms. The van der Waals surface area contributed by atoms with Crippen LogP contribution in [0.5, 0.6) is 0 Å². The Hall–Kier alpha value is -1.82. The Kier molecular flexibility index (Phi) is 5.96. The first-order valence-electron chi connectivity index (χ1n) is 5.89. The molecule has 0 saturated carbocycles. The average Bonchev–Trinajstić information content (AvgIpc) is 2.41. The molecule has 114 valence electrons. The van der Waals surface area contributed by atoms with Gasteiger partial charge < -0.3 is 4.74 Å². The summed E-state index contributed by atoms with van der Waals surface area (Å²) in [6.45, 7) is 0.940. The Morgan fingerprint density at radius 3 is 2.43 bits per heavy atom.